The van der Waals surface area contributed by atoms with Crippen molar-refractivity contribution in [3.8, 4) is 0 Å². The Balaban J connectivity index is 2.33. The molecular weight excluding hydrogens is 268 g/mol. The number of nitrogens with one attached hydrogen (secondary N) is 1. The van der Waals surface area contributed by atoms with Crippen molar-refractivity contribution in [1.29, 1.82) is 0 Å². The summed E-state index contributed by atoms with van der Waals surface area (Å²) in [6.07, 6.45) is 3.73. The Morgan fingerprint density at radius 2 is 2.10 bits per heavy atom. The van der Waals surface area contributed by atoms with Gasteiger partial charge in [0.1, 0.15) is 0 Å². The molecule has 3 heteroatoms. The van der Waals surface area contributed by atoms with Crippen LogP contribution in [0.15, 0.2) is 18.2 Å². The van der Waals surface area contributed by atoms with Crippen LogP contribution in [-0.2, 0) is 6.54 Å². The lowest BCUT2D eigenvalue weighted by molar-refractivity contribution is 0.581. The second-order valence-electron chi connectivity index (χ2n) is 6.18. The summed E-state index contributed by atoms with van der Waals surface area (Å²) in [5.41, 5.74) is 2.57. The molecule has 0 aromatic heterocycles. The van der Waals surface area contributed by atoms with Crippen LogP contribution in [-0.4, -0.2) is 18.1 Å². The first-order valence-corrected chi connectivity index (χ1v) is 8.21. The summed E-state index contributed by atoms with van der Waals surface area (Å²) in [5, 5.41) is 4.40. The third-order valence-corrected chi connectivity index (χ3v) is 4.59. The first kappa shape index (κ1) is 15.7. The Morgan fingerprint density at radius 3 is 2.75 bits per heavy atom. The van der Waals surface area contributed by atoms with Gasteiger partial charge < -0.3 is 10.2 Å². The minimum atomic E-state index is 0.486. The second-order valence-corrected chi connectivity index (χ2v) is 6.59. The van der Waals surface area contributed by atoms with Crippen LogP contribution in [0.5, 0.6) is 0 Å². The molecule has 20 heavy (non-hydrogen) atoms. The predicted molar refractivity (Wildman–Crippen MR) is 88.7 cm³/mol. The number of para-hydroxylation sites is 1. The summed E-state index contributed by atoms with van der Waals surface area (Å²) in [4.78, 5) is 2.56. The van der Waals surface area contributed by atoms with Gasteiger partial charge in [0, 0.05) is 24.7 Å². The molecule has 1 saturated heterocycles. The maximum absolute atomic E-state index is 6.54. The van der Waals surface area contributed by atoms with E-state index in [0.717, 1.165) is 11.6 Å². The molecule has 0 spiro atoms. The summed E-state index contributed by atoms with van der Waals surface area (Å²) in [6.45, 7) is 9.83. The van der Waals surface area contributed by atoms with Gasteiger partial charge in [0.05, 0.1) is 10.7 Å². The number of rotatable bonds is 5. The minimum Gasteiger partial charge on any atom is -0.364 e. The van der Waals surface area contributed by atoms with Gasteiger partial charge in [-0.1, -0.05) is 44.5 Å². The molecule has 1 fully saturated rings. The van der Waals surface area contributed by atoms with Crippen LogP contribution in [0.4, 0.5) is 5.69 Å². The quantitative estimate of drug-likeness (QED) is 0.853. The van der Waals surface area contributed by atoms with Crippen LogP contribution in [0.25, 0.3) is 0 Å². The van der Waals surface area contributed by atoms with Gasteiger partial charge in [0.25, 0.3) is 0 Å². The molecule has 2 atom stereocenters. The molecule has 1 aromatic rings. The highest BCUT2D eigenvalue weighted by Crippen LogP contribution is 2.38. The van der Waals surface area contributed by atoms with Crippen molar-refractivity contribution < 1.29 is 0 Å². The van der Waals surface area contributed by atoms with Crippen molar-refractivity contribution in [3.05, 3.63) is 28.8 Å². The minimum absolute atomic E-state index is 0.486. The summed E-state index contributed by atoms with van der Waals surface area (Å²) >= 11 is 6.54. The number of benzene rings is 1. The molecule has 1 heterocycles. The first-order chi connectivity index (χ1) is 9.54. The monoisotopic (exact) mass is 294 g/mol. The number of anilines is 1. The first-order valence-electron chi connectivity index (χ1n) is 7.83. The lowest BCUT2D eigenvalue weighted by Crippen LogP contribution is -2.35. The Labute approximate surface area is 128 Å². The molecule has 0 amide bonds. The lowest BCUT2D eigenvalue weighted by Gasteiger charge is -2.33. The largest absolute Gasteiger partial charge is 0.364 e. The highest BCUT2D eigenvalue weighted by molar-refractivity contribution is 6.33. The average Bonchev–Trinajstić information content (AvgIpc) is 2.77. The number of hydrogen-bond donors (Lipinski definition) is 1. The SMILES string of the molecule is CCC1CCC(C)N1c1c(Cl)cccc1CNC(C)C. The van der Waals surface area contributed by atoms with Crippen molar-refractivity contribution in [2.24, 2.45) is 0 Å². The van der Waals surface area contributed by atoms with E-state index in [9.17, 15) is 0 Å². The highest BCUT2D eigenvalue weighted by Gasteiger charge is 2.31. The van der Waals surface area contributed by atoms with Crippen LogP contribution in [0.3, 0.4) is 0 Å². The van der Waals surface area contributed by atoms with Crippen molar-refractivity contribution in [1.82, 2.24) is 5.32 Å². The van der Waals surface area contributed by atoms with Crippen molar-refractivity contribution in [2.45, 2.75) is 71.6 Å². The fraction of sp³-hybridized carbons (Fsp3) is 0.647. The van der Waals surface area contributed by atoms with E-state index in [1.54, 1.807) is 0 Å². The van der Waals surface area contributed by atoms with Gasteiger partial charge in [-0.3, -0.25) is 0 Å². The molecule has 2 unspecified atom stereocenters. The fourth-order valence-electron chi connectivity index (χ4n) is 3.18. The van der Waals surface area contributed by atoms with E-state index in [4.69, 9.17) is 11.6 Å². The molecule has 0 aliphatic carbocycles. The number of nitrogens with zero attached hydrogens (tertiary/aromatic N) is 1. The summed E-state index contributed by atoms with van der Waals surface area (Å²) in [5.74, 6) is 0. The molecular formula is C17H27ClN2. The third-order valence-electron chi connectivity index (χ3n) is 4.29. The summed E-state index contributed by atoms with van der Waals surface area (Å²) in [6, 6.07) is 7.98. The summed E-state index contributed by atoms with van der Waals surface area (Å²) < 4.78 is 0. The molecule has 2 nitrogen and oxygen atoms in total. The Morgan fingerprint density at radius 1 is 1.35 bits per heavy atom. The number of halogens is 1. The van der Waals surface area contributed by atoms with Gasteiger partial charge in [-0.2, -0.15) is 0 Å². The van der Waals surface area contributed by atoms with E-state index in [1.807, 2.05) is 6.07 Å². The molecule has 1 N–H and O–H groups in total. The second kappa shape index (κ2) is 6.82. The Bertz CT molecular complexity index is 445. The molecule has 1 aliphatic heterocycles. The van der Waals surface area contributed by atoms with Gasteiger partial charge in [-0.25, -0.2) is 0 Å². The molecule has 0 radical (unpaired) electrons. The van der Waals surface area contributed by atoms with Crippen molar-refractivity contribution in [3.63, 3.8) is 0 Å². The predicted octanol–water partition coefficient (Wildman–Crippen LogP) is 4.61. The zero-order chi connectivity index (χ0) is 14.7. The topological polar surface area (TPSA) is 15.3 Å². The van der Waals surface area contributed by atoms with Crippen molar-refractivity contribution in [2.75, 3.05) is 4.90 Å². The zero-order valence-electron chi connectivity index (χ0n) is 13.1. The fourth-order valence-corrected chi connectivity index (χ4v) is 3.47. The molecule has 2 rings (SSSR count). The van der Waals surface area contributed by atoms with Gasteiger partial charge >= 0.3 is 0 Å². The standard InChI is InChI=1S/C17H27ClN2/c1-5-15-10-9-13(4)20(15)17-14(11-19-12(2)3)7-6-8-16(17)18/h6-8,12-13,15,19H,5,9-11H2,1-4H3. The molecule has 0 saturated carbocycles. The zero-order valence-corrected chi connectivity index (χ0v) is 13.9. The molecule has 0 bridgehead atoms. The van der Waals surface area contributed by atoms with Crippen molar-refractivity contribution >= 4 is 17.3 Å². The summed E-state index contributed by atoms with van der Waals surface area (Å²) in [7, 11) is 0. The number of hydrogen-bond acceptors (Lipinski definition) is 2. The van der Waals surface area contributed by atoms with Crippen LogP contribution < -0.4 is 10.2 Å². The molecule has 1 aromatic carbocycles. The Kier molecular flexibility index (Phi) is 5.34. The average molecular weight is 295 g/mol. The van der Waals surface area contributed by atoms with Crippen LogP contribution >= 0.6 is 11.6 Å². The van der Waals surface area contributed by atoms with Gasteiger partial charge in [0.2, 0.25) is 0 Å². The molecule has 1 aliphatic rings. The van der Waals surface area contributed by atoms with Crippen LogP contribution in [0, 0.1) is 0 Å². The van der Waals surface area contributed by atoms with Gasteiger partial charge in [-0.15, -0.1) is 0 Å². The maximum atomic E-state index is 6.54. The van der Waals surface area contributed by atoms with Gasteiger partial charge in [-0.05, 0) is 37.8 Å². The van der Waals surface area contributed by atoms with E-state index in [-0.39, 0.29) is 0 Å². The van der Waals surface area contributed by atoms with E-state index in [2.05, 4.69) is 50.0 Å². The van der Waals surface area contributed by atoms with Crippen LogP contribution in [0.1, 0.15) is 52.5 Å². The Hall–Kier alpha value is -0.730. The van der Waals surface area contributed by atoms with E-state index in [1.165, 1.54) is 30.5 Å². The third kappa shape index (κ3) is 3.29. The maximum Gasteiger partial charge on any atom is 0.0643 e. The lowest BCUT2D eigenvalue weighted by atomic mass is 10.1. The molecule has 112 valence electrons. The van der Waals surface area contributed by atoms with Crippen LogP contribution in [0.2, 0.25) is 5.02 Å². The normalized spacial score (nSPS) is 22.8. The smallest absolute Gasteiger partial charge is 0.0643 e. The van der Waals surface area contributed by atoms with E-state index < -0.39 is 0 Å². The van der Waals surface area contributed by atoms with E-state index in [0.29, 0.717) is 18.1 Å². The highest BCUT2D eigenvalue weighted by atomic mass is 35.5. The van der Waals surface area contributed by atoms with E-state index >= 15 is 0 Å². The van der Waals surface area contributed by atoms with Gasteiger partial charge in [0.15, 0.2) is 0 Å².